The molecule has 5 N–H and O–H groups in total. The zero-order valence-corrected chi connectivity index (χ0v) is 11.6. The van der Waals surface area contributed by atoms with Crippen LogP contribution in [-0.2, 0) is 19.6 Å². The molecule has 1 aliphatic rings. The summed E-state index contributed by atoms with van der Waals surface area (Å²) in [7, 11) is -3.73. The van der Waals surface area contributed by atoms with Gasteiger partial charge in [0.15, 0.2) is 0 Å². The third kappa shape index (κ3) is 3.54. The van der Waals surface area contributed by atoms with Crippen LogP contribution in [0, 0.1) is 0 Å². The van der Waals surface area contributed by atoms with E-state index in [0.717, 1.165) is 6.42 Å². The van der Waals surface area contributed by atoms with E-state index < -0.39 is 16.1 Å². The largest absolute Gasteiger partial charge is 0.364 e. The minimum atomic E-state index is -3.73. The number of carbonyl (C=O) groups is 1. The third-order valence-corrected chi connectivity index (χ3v) is 4.04. The Balaban J connectivity index is 1.98. The molecule has 2 atom stereocenters. The molecule has 0 aliphatic carbocycles. The lowest BCUT2D eigenvalue weighted by atomic mass is 10.2. The van der Waals surface area contributed by atoms with Crippen molar-refractivity contribution in [2.24, 2.45) is 10.9 Å². The Morgan fingerprint density at radius 2 is 1.95 bits per heavy atom. The molecule has 1 fully saturated rings. The summed E-state index contributed by atoms with van der Waals surface area (Å²) in [5, 5.41) is 7.66. The summed E-state index contributed by atoms with van der Waals surface area (Å²) in [5.41, 5.74) is 5.97. The van der Waals surface area contributed by atoms with Gasteiger partial charge < -0.3 is 15.8 Å². The molecule has 0 spiro atoms. The highest BCUT2D eigenvalue weighted by atomic mass is 32.2. The van der Waals surface area contributed by atoms with Gasteiger partial charge in [0.25, 0.3) is 5.91 Å². The minimum Gasteiger partial charge on any atom is -0.364 e. The van der Waals surface area contributed by atoms with Crippen LogP contribution >= 0.6 is 0 Å². The number of nitrogens with one attached hydrogen (secondary N) is 1. The van der Waals surface area contributed by atoms with Gasteiger partial charge in [0.1, 0.15) is 6.10 Å². The first-order valence-electron chi connectivity index (χ1n) is 6.19. The summed E-state index contributed by atoms with van der Waals surface area (Å²) >= 11 is 0. The second-order valence-electron chi connectivity index (χ2n) is 4.62. The Labute approximate surface area is 117 Å². The molecule has 1 aromatic carbocycles. The van der Waals surface area contributed by atoms with Gasteiger partial charge >= 0.3 is 0 Å². The summed E-state index contributed by atoms with van der Waals surface area (Å²) in [4.78, 5) is 11.9. The predicted molar refractivity (Wildman–Crippen MR) is 73.4 cm³/mol. The van der Waals surface area contributed by atoms with E-state index in [2.05, 4.69) is 5.32 Å². The Kier molecular flexibility index (Phi) is 4.39. The fourth-order valence-corrected chi connectivity index (χ4v) is 2.54. The van der Waals surface area contributed by atoms with Crippen LogP contribution in [0.15, 0.2) is 29.2 Å². The second-order valence-corrected chi connectivity index (χ2v) is 6.18. The SMILES string of the molecule is NCC1CCC(C(=O)Nc2ccc(S(N)(=O)=O)cc2)O1. The molecule has 1 heterocycles. The monoisotopic (exact) mass is 299 g/mol. The van der Waals surface area contributed by atoms with Crippen LogP contribution in [0.1, 0.15) is 12.8 Å². The molecule has 8 heteroatoms. The first-order valence-corrected chi connectivity index (χ1v) is 7.74. The van der Waals surface area contributed by atoms with Crippen LogP contribution in [0.4, 0.5) is 5.69 Å². The van der Waals surface area contributed by atoms with Gasteiger partial charge in [0.05, 0.1) is 11.0 Å². The van der Waals surface area contributed by atoms with Gasteiger partial charge in [0, 0.05) is 12.2 Å². The van der Waals surface area contributed by atoms with Gasteiger partial charge in [-0.2, -0.15) is 0 Å². The van der Waals surface area contributed by atoms with Crippen LogP contribution in [0.2, 0.25) is 0 Å². The minimum absolute atomic E-state index is 0.00388. The van der Waals surface area contributed by atoms with Gasteiger partial charge in [-0.15, -0.1) is 0 Å². The van der Waals surface area contributed by atoms with E-state index in [1.807, 2.05) is 0 Å². The summed E-state index contributed by atoms with van der Waals surface area (Å²) in [6.45, 7) is 0.396. The lowest BCUT2D eigenvalue weighted by Gasteiger charge is -2.12. The van der Waals surface area contributed by atoms with Crippen LogP contribution in [0.5, 0.6) is 0 Å². The van der Waals surface area contributed by atoms with E-state index in [9.17, 15) is 13.2 Å². The van der Waals surface area contributed by atoms with Crippen molar-refractivity contribution in [3.05, 3.63) is 24.3 Å². The lowest BCUT2D eigenvalue weighted by Crippen LogP contribution is -2.29. The molecule has 1 saturated heterocycles. The average Bonchev–Trinajstić information content (AvgIpc) is 2.87. The number of nitrogens with two attached hydrogens (primary N) is 2. The summed E-state index contributed by atoms with van der Waals surface area (Å²) in [6, 6.07) is 5.63. The van der Waals surface area contributed by atoms with E-state index in [1.165, 1.54) is 24.3 Å². The number of hydrogen-bond donors (Lipinski definition) is 3. The van der Waals surface area contributed by atoms with Crippen molar-refractivity contribution in [1.82, 2.24) is 0 Å². The standard InChI is InChI=1S/C12H17N3O4S/c13-7-9-3-6-11(19-9)12(16)15-8-1-4-10(5-2-8)20(14,17)18/h1-2,4-5,9,11H,3,6-7,13H2,(H,15,16)(H2,14,17,18). The van der Waals surface area contributed by atoms with Crippen LogP contribution in [0.25, 0.3) is 0 Å². The molecule has 1 aliphatic heterocycles. The average molecular weight is 299 g/mol. The lowest BCUT2D eigenvalue weighted by molar-refractivity contribution is -0.126. The molecule has 0 radical (unpaired) electrons. The van der Waals surface area contributed by atoms with Crippen molar-refractivity contribution in [3.8, 4) is 0 Å². The number of anilines is 1. The number of hydrogen-bond acceptors (Lipinski definition) is 5. The molecule has 2 rings (SSSR count). The van der Waals surface area contributed by atoms with Gasteiger partial charge in [-0.3, -0.25) is 4.79 Å². The molecule has 1 amide bonds. The zero-order chi connectivity index (χ0) is 14.8. The summed E-state index contributed by atoms with van der Waals surface area (Å²) in [6.07, 6.45) is 0.805. The van der Waals surface area contributed by atoms with Crippen LogP contribution < -0.4 is 16.2 Å². The second kappa shape index (κ2) is 5.88. The molecule has 2 unspecified atom stereocenters. The quantitative estimate of drug-likeness (QED) is 0.709. The molecule has 0 aromatic heterocycles. The van der Waals surface area contributed by atoms with Gasteiger partial charge in [-0.25, -0.2) is 13.6 Å². The van der Waals surface area contributed by atoms with E-state index in [4.69, 9.17) is 15.6 Å². The smallest absolute Gasteiger partial charge is 0.253 e. The van der Waals surface area contributed by atoms with Crippen LogP contribution in [0.3, 0.4) is 0 Å². The number of ether oxygens (including phenoxy) is 1. The molecular formula is C12H17N3O4S. The van der Waals surface area contributed by atoms with Crippen molar-refractivity contribution in [2.45, 2.75) is 29.9 Å². The van der Waals surface area contributed by atoms with E-state index >= 15 is 0 Å². The highest BCUT2D eigenvalue weighted by Gasteiger charge is 2.29. The molecule has 0 bridgehead atoms. The maximum Gasteiger partial charge on any atom is 0.253 e. The zero-order valence-electron chi connectivity index (χ0n) is 10.8. The topological polar surface area (TPSA) is 125 Å². The number of carbonyl (C=O) groups excluding carboxylic acids is 1. The van der Waals surface area contributed by atoms with Crippen LogP contribution in [-0.4, -0.2) is 33.1 Å². The number of sulfonamides is 1. The van der Waals surface area contributed by atoms with Crippen molar-refractivity contribution < 1.29 is 17.9 Å². The third-order valence-electron chi connectivity index (χ3n) is 3.11. The molecule has 20 heavy (non-hydrogen) atoms. The number of primary sulfonamides is 1. The van der Waals surface area contributed by atoms with Crippen molar-refractivity contribution in [1.29, 1.82) is 0 Å². The first kappa shape index (κ1) is 14.9. The number of rotatable bonds is 4. The Hall–Kier alpha value is -1.48. The summed E-state index contributed by atoms with van der Waals surface area (Å²) in [5.74, 6) is -0.260. The van der Waals surface area contributed by atoms with Crippen molar-refractivity contribution >= 4 is 21.6 Å². The van der Waals surface area contributed by atoms with Crippen molar-refractivity contribution in [2.75, 3.05) is 11.9 Å². The fourth-order valence-electron chi connectivity index (χ4n) is 2.02. The Morgan fingerprint density at radius 1 is 1.30 bits per heavy atom. The van der Waals surface area contributed by atoms with E-state index in [0.29, 0.717) is 18.7 Å². The van der Waals surface area contributed by atoms with Gasteiger partial charge in [0.2, 0.25) is 10.0 Å². The fraction of sp³-hybridized carbons (Fsp3) is 0.417. The highest BCUT2D eigenvalue weighted by molar-refractivity contribution is 7.89. The molecular weight excluding hydrogens is 282 g/mol. The Morgan fingerprint density at radius 3 is 2.45 bits per heavy atom. The highest BCUT2D eigenvalue weighted by Crippen LogP contribution is 2.21. The normalized spacial score (nSPS) is 22.7. The number of amides is 1. The molecule has 1 aromatic rings. The van der Waals surface area contributed by atoms with Crippen molar-refractivity contribution in [3.63, 3.8) is 0 Å². The van der Waals surface area contributed by atoms with Gasteiger partial charge in [-0.05, 0) is 37.1 Å². The van der Waals surface area contributed by atoms with E-state index in [-0.39, 0.29) is 16.9 Å². The van der Waals surface area contributed by atoms with Gasteiger partial charge in [-0.1, -0.05) is 0 Å². The maximum absolute atomic E-state index is 11.9. The predicted octanol–water partition coefficient (Wildman–Crippen LogP) is -0.221. The molecule has 7 nitrogen and oxygen atoms in total. The first-order chi connectivity index (χ1) is 9.40. The van der Waals surface area contributed by atoms with E-state index in [1.54, 1.807) is 0 Å². The summed E-state index contributed by atoms with van der Waals surface area (Å²) < 4.78 is 27.7. The number of benzene rings is 1. The maximum atomic E-state index is 11.9. The molecule has 110 valence electrons. The Bertz CT molecular complexity index is 585. The molecule has 0 saturated carbocycles.